The molecule has 2 heteroatoms. The first-order chi connectivity index (χ1) is 5.63. The summed E-state index contributed by atoms with van der Waals surface area (Å²) in [5, 5.41) is 0. The Morgan fingerprint density at radius 1 is 1.25 bits per heavy atom. The zero-order valence-corrected chi connectivity index (χ0v) is 7.54. The van der Waals surface area contributed by atoms with Gasteiger partial charge in [0.1, 0.15) is 11.6 Å². The fraction of sp³-hybridized carbons (Fsp3) is 0.600. The van der Waals surface area contributed by atoms with E-state index in [1.807, 2.05) is 12.2 Å². The molecule has 0 amide bonds. The van der Waals surface area contributed by atoms with E-state index in [4.69, 9.17) is 0 Å². The van der Waals surface area contributed by atoms with Gasteiger partial charge >= 0.3 is 0 Å². The van der Waals surface area contributed by atoms with E-state index >= 15 is 0 Å². The molecule has 0 bridgehead atoms. The van der Waals surface area contributed by atoms with Crippen molar-refractivity contribution >= 4 is 11.6 Å². The summed E-state index contributed by atoms with van der Waals surface area (Å²) in [6, 6.07) is 0. The molecule has 0 radical (unpaired) electrons. The Labute approximate surface area is 72.7 Å². The topological polar surface area (TPSA) is 34.1 Å². The fourth-order valence-electron chi connectivity index (χ4n) is 1.71. The standard InChI is InChI=1S/C10H14O2/c1-7(11)9-5-3-4-6-10(9)8(2)12/h3,5,9-10H,4,6H2,1-2H3/t9-,10-/m0/s1. The Bertz CT molecular complexity index is 228. The van der Waals surface area contributed by atoms with Crippen LogP contribution < -0.4 is 0 Å². The van der Waals surface area contributed by atoms with Gasteiger partial charge in [0.25, 0.3) is 0 Å². The Hall–Kier alpha value is -0.920. The van der Waals surface area contributed by atoms with E-state index in [2.05, 4.69) is 0 Å². The molecule has 0 aromatic rings. The largest absolute Gasteiger partial charge is 0.300 e. The predicted molar refractivity (Wildman–Crippen MR) is 46.7 cm³/mol. The van der Waals surface area contributed by atoms with E-state index in [0.29, 0.717) is 0 Å². The van der Waals surface area contributed by atoms with Crippen LogP contribution in [0, 0.1) is 11.8 Å². The Balaban J connectivity index is 2.79. The molecule has 1 aliphatic carbocycles. The highest BCUT2D eigenvalue weighted by Gasteiger charge is 2.28. The molecule has 0 aromatic heterocycles. The number of carbonyl (C=O) groups is 2. The molecule has 66 valence electrons. The number of carbonyl (C=O) groups excluding carboxylic acids is 2. The van der Waals surface area contributed by atoms with E-state index in [0.717, 1.165) is 12.8 Å². The van der Waals surface area contributed by atoms with Crippen LogP contribution in [-0.2, 0) is 9.59 Å². The van der Waals surface area contributed by atoms with E-state index in [1.54, 1.807) is 13.8 Å². The minimum atomic E-state index is -0.156. The number of ketones is 2. The molecule has 0 saturated heterocycles. The maximum absolute atomic E-state index is 11.1. The lowest BCUT2D eigenvalue weighted by molar-refractivity contribution is -0.129. The minimum Gasteiger partial charge on any atom is -0.300 e. The van der Waals surface area contributed by atoms with Gasteiger partial charge < -0.3 is 0 Å². The summed E-state index contributed by atoms with van der Waals surface area (Å²) in [4.78, 5) is 22.2. The van der Waals surface area contributed by atoms with Crippen molar-refractivity contribution in [3.63, 3.8) is 0 Å². The maximum atomic E-state index is 11.1. The second kappa shape index (κ2) is 3.65. The normalized spacial score (nSPS) is 28.5. The van der Waals surface area contributed by atoms with Crippen LogP contribution in [0.5, 0.6) is 0 Å². The summed E-state index contributed by atoms with van der Waals surface area (Å²) in [6.07, 6.45) is 5.62. The van der Waals surface area contributed by atoms with Crippen LogP contribution in [0.25, 0.3) is 0 Å². The van der Waals surface area contributed by atoms with E-state index in [1.165, 1.54) is 0 Å². The summed E-state index contributed by atoms with van der Waals surface area (Å²) in [5.74, 6) is 0.0226. The summed E-state index contributed by atoms with van der Waals surface area (Å²) in [6.45, 7) is 3.12. The zero-order chi connectivity index (χ0) is 9.14. The first-order valence-corrected chi connectivity index (χ1v) is 4.30. The van der Waals surface area contributed by atoms with E-state index in [-0.39, 0.29) is 23.4 Å². The van der Waals surface area contributed by atoms with Gasteiger partial charge in [-0.2, -0.15) is 0 Å². The van der Waals surface area contributed by atoms with Gasteiger partial charge in [-0.3, -0.25) is 9.59 Å². The molecule has 2 nitrogen and oxygen atoms in total. The van der Waals surface area contributed by atoms with Crippen molar-refractivity contribution in [1.82, 2.24) is 0 Å². The van der Waals surface area contributed by atoms with Crippen LogP contribution in [0.3, 0.4) is 0 Å². The van der Waals surface area contributed by atoms with Crippen molar-refractivity contribution in [2.45, 2.75) is 26.7 Å². The maximum Gasteiger partial charge on any atom is 0.137 e. The number of allylic oxidation sites excluding steroid dienone is 2. The van der Waals surface area contributed by atoms with Crippen molar-refractivity contribution in [2.24, 2.45) is 11.8 Å². The van der Waals surface area contributed by atoms with Crippen molar-refractivity contribution < 1.29 is 9.59 Å². The molecule has 0 spiro atoms. The molecule has 1 aliphatic rings. The molecule has 0 fully saturated rings. The molecule has 0 heterocycles. The molecule has 0 aromatic carbocycles. The minimum absolute atomic E-state index is 0.0625. The number of hydrogen-bond donors (Lipinski definition) is 0. The molecule has 0 saturated carbocycles. The third kappa shape index (κ3) is 1.81. The first kappa shape index (κ1) is 9.17. The van der Waals surface area contributed by atoms with Crippen LogP contribution in [0.2, 0.25) is 0 Å². The summed E-state index contributed by atoms with van der Waals surface area (Å²) in [7, 11) is 0. The number of Topliss-reactive ketones (excluding diaryl/α,β-unsaturated/α-hetero) is 2. The van der Waals surface area contributed by atoms with Crippen LogP contribution in [0.1, 0.15) is 26.7 Å². The Morgan fingerprint density at radius 3 is 2.33 bits per heavy atom. The van der Waals surface area contributed by atoms with Gasteiger partial charge in [0, 0.05) is 11.8 Å². The highest BCUT2D eigenvalue weighted by Crippen LogP contribution is 2.26. The van der Waals surface area contributed by atoms with Crippen LogP contribution in [0.15, 0.2) is 12.2 Å². The quantitative estimate of drug-likeness (QED) is 0.585. The van der Waals surface area contributed by atoms with Crippen molar-refractivity contribution in [3.8, 4) is 0 Å². The van der Waals surface area contributed by atoms with Gasteiger partial charge in [-0.15, -0.1) is 0 Å². The second-order valence-corrected chi connectivity index (χ2v) is 3.36. The van der Waals surface area contributed by atoms with Crippen molar-refractivity contribution in [3.05, 3.63) is 12.2 Å². The number of hydrogen-bond acceptors (Lipinski definition) is 2. The highest BCUT2D eigenvalue weighted by atomic mass is 16.1. The van der Waals surface area contributed by atoms with Gasteiger partial charge in [0.15, 0.2) is 0 Å². The smallest absolute Gasteiger partial charge is 0.137 e. The lowest BCUT2D eigenvalue weighted by Crippen LogP contribution is -2.27. The highest BCUT2D eigenvalue weighted by molar-refractivity contribution is 5.89. The van der Waals surface area contributed by atoms with Gasteiger partial charge in [-0.25, -0.2) is 0 Å². The van der Waals surface area contributed by atoms with Crippen molar-refractivity contribution in [1.29, 1.82) is 0 Å². The average molecular weight is 166 g/mol. The molecule has 0 N–H and O–H groups in total. The molecule has 1 rings (SSSR count). The monoisotopic (exact) mass is 166 g/mol. The Kier molecular flexibility index (Phi) is 2.79. The third-order valence-electron chi connectivity index (χ3n) is 2.41. The molecular weight excluding hydrogens is 152 g/mol. The average Bonchev–Trinajstić information content (AvgIpc) is 2.04. The lowest BCUT2D eigenvalue weighted by Gasteiger charge is -2.22. The van der Waals surface area contributed by atoms with E-state index in [9.17, 15) is 9.59 Å². The Morgan fingerprint density at radius 2 is 1.92 bits per heavy atom. The van der Waals surface area contributed by atoms with E-state index < -0.39 is 0 Å². The first-order valence-electron chi connectivity index (χ1n) is 4.30. The number of rotatable bonds is 2. The predicted octanol–water partition coefficient (Wildman–Crippen LogP) is 1.75. The molecular formula is C10H14O2. The summed E-state index contributed by atoms with van der Waals surface area (Å²) < 4.78 is 0. The molecule has 0 unspecified atom stereocenters. The van der Waals surface area contributed by atoms with Gasteiger partial charge in [0.05, 0.1) is 0 Å². The fourth-order valence-corrected chi connectivity index (χ4v) is 1.71. The second-order valence-electron chi connectivity index (χ2n) is 3.36. The third-order valence-corrected chi connectivity index (χ3v) is 2.41. The van der Waals surface area contributed by atoms with Crippen molar-refractivity contribution in [2.75, 3.05) is 0 Å². The SMILES string of the molecule is CC(=O)[C@@H]1C=CCC[C@H]1C(C)=O. The van der Waals surface area contributed by atoms with Crippen LogP contribution in [-0.4, -0.2) is 11.6 Å². The molecule has 0 aliphatic heterocycles. The molecule has 2 atom stereocenters. The van der Waals surface area contributed by atoms with Gasteiger partial charge in [-0.05, 0) is 26.7 Å². The lowest BCUT2D eigenvalue weighted by atomic mass is 9.79. The summed E-state index contributed by atoms with van der Waals surface area (Å²) in [5.41, 5.74) is 0. The molecule has 12 heavy (non-hydrogen) atoms. The summed E-state index contributed by atoms with van der Waals surface area (Å²) >= 11 is 0. The zero-order valence-electron chi connectivity index (χ0n) is 7.54. The van der Waals surface area contributed by atoms with Gasteiger partial charge in [0.2, 0.25) is 0 Å². The van der Waals surface area contributed by atoms with Gasteiger partial charge in [-0.1, -0.05) is 12.2 Å². The van der Waals surface area contributed by atoms with Crippen LogP contribution >= 0.6 is 0 Å². The van der Waals surface area contributed by atoms with Crippen LogP contribution in [0.4, 0.5) is 0 Å².